The SMILES string of the molecule is CC/C=C1/C[C@@H](C(=O)N[C@@H](C2O[C@H](SC)C(O)[C@H](O)[C@H]2O)[C@H](C)Cl)N(C)C1. The maximum Gasteiger partial charge on any atom is 0.238 e. The fourth-order valence-electron chi connectivity index (χ4n) is 3.71. The summed E-state index contributed by atoms with van der Waals surface area (Å²) in [5.41, 5.74) is 0.516. The maximum absolute atomic E-state index is 12.9. The van der Waals surface area contributed by atoms with E-state index in [9.17, 15) is 20.1 Å². The fourth-order valence-corrected chi connectivity index (χ4v) is 4.60. The lowest BCUT2D eigenvalue weighted by Gasteiger charge is -2.44. The standard InChI is InChI=1S/C18H31ClN2O5S/c1-5-6-10-7-11(21(3)8-10)17(25)20-12(9(2)19)16-14(23)13(22)15(24)18(26-16)27-4/h6,9,11-16,18,22-24H,5,7-8H2,1-4H3,(H,20,25)/b10-6-/t9-,11-,12+,13+,14+,15?,16?,18+/m0/s1. The Bertz CT molecular complexity index is 548. The quantitative estimate of drug-likeness (QED) is 0.361. The van der Waals surface area contributed by atoms with E-state index in [1.807, 2.05) is 11.9 Å². The van der Waals surface area contributed by atoms with E-state index in [4.69, 9.17) is 16.3 Å². The zero-order chi connectivity index (χ0) is 20.3. The molecule has 8 atom stereocenters. The van der Waals surface area contributed by atoms with Gasteiger partial charge in [0.05, 0.1) is 17.5 Å². The summed E-state index contributed by atoms with van der Waals surface area (Å²) in [6, 6.07) is -1.02. The number of hydrogen-bond donors (Lipinski definition) is 4. The Morgan fingerprint density at radius 3 is 2.63 bits per heavy atom. The van der Waals surface area contributed by atoms with Crippen LogP contribution in [0.4, 0.5) is 0 Å². The summed E-state index contributed by atoms with van der Waals surface area (Å²) >= 11 is 7.53. The third-order valence-corrected chi connectivity index (χ3v) is 6.36. The molecule has 0 spiro atoms. The van der Waals surface area contributed by atoms with Gasteiger partial charge in [0.2, 0.25) is 5.91 Å². The number of carbonyl (C=O) groups excluding carboxylic acids is 1. The predicted octanol–water partition coefficient (Wildman–Crippen LogP) is 0.310. The Balaban J connectivity index is 2.13. The summed E-state index contributed by atoms with van der Waals surface area (Å²) in [5.74, 6) is -0.188. The van der Waals surface area contributed by atoms with Crippen molar-refractivity contribution in [3.05, 3.63) is 11.6 Å². The first kappa shape index (κ1) is 22.9. The molecule has 2 aliphatic heterocycles. The van der Waals surface area contributed by atoms with Crippen molar-refractivity contribution in [2.24, 2.45) is 0 Å². The smallest absolute Gasteiger partial charge is 0.238 e. The Hall–Kier alpha value is -0.350. The number of halogens is 1. The van der Waals surface area contributed by atoms with Gasteiger partial charge in [0.25, 0.3) is 0 Å². The maximum atomic E-state index is 12.9. The van der Waals surface area contributed by atoms with Gasteiger partial charge in [-0.25, -0.2) is 0 Å². The summed E-state index contributed by atoms with van der Waals surface area (Å²) in [7, 11) is 1.90. The first-order chi connectivity index (χ1) is 12.7. The van der Waals surface area contributed by atoms with Crippen LogP contribution in [-0.4, -0.2) is 93.3 Å². The zero-order valence-corrected chi connectivity index (χ0v) is 17.8. The van der Waals surface area contributed by atoms with E-state index in [1.165, 1.54) is 17.3 Å². The molecule has 0 saturated carbocycles. The average molecular weight is 423 g/mol. The van der Waals surface area contributed by atoms with Gasteiger partial charge in [-0.2, -0.15) is 0 Å². The Morgan fingerprint density at radius 2 is 2.07 bits per heavy atom. The van der Waals surface area contributed by atoms with Gasteiger partial charge in [0.15, 0.2) is 0 Å². The van der Waals surface area contributed by atoms with E-state index < -0.39 is 41.3 Å². The van der Waals surface area contributed by atoms with E-state index in [-0.39, 0.29) is 11.9 Å². The summed E-state index contributed by atoms with van der Waals surface area (Å²) in [6.45, 7) is 4.51. The van der Waals surface area contributed by atoms with Gasteiger partial charge in [0.1, 0.15) is 29.9 Å². The number of rotatable bonds is 6. The number of amides is 1. The average Bonchev–Trinajstić information content (AvgIpc) is 2.99. The molecule has 0 aromatic carbocycles. The highest BCUT2D eigenvalue weighted by Gasteiger charge is 2.48. The van der Waals surface area contributed by atoms with Crippen LogP contribution in [0.25, 0.3) is 0 Å². The molecule has 0 aromatic rings. The number of likely N-dealkylation sites (tertiary alicyclic amines) is 1. The molecule has 7 nitrogen and oxygen atoms in total. The number of hydrogen-bond acceptors (Lipinski definition) is 7. The summed E-state index contributed by atoms with van der Waals surface area (Å²) in [4.78, 5) is 14.9. The molecule has 2 rings (SSSR count). The van der Waals surface area contributed by atoms with E-state index >= 15 is 0 Å². The number of ether oxygens (including phenoxy) is 1. The summed E-state index contributed by atoms with van der Waals surface area (Å²) in [5, 5.41) is 33.0. The number of aliphatic hydroxyl groups is 3. The molecule has 0 radical (unpaired) electrons. The number of likely N-dealkylation sites (N-methyl/N-ethyl adjacent to an activating group) is 1. The van der Waals surface area contributed by atoms with Crippen LogP contribution in [0, 0.1) is 0 Å². The van der Waals surface area contributed by atoms with Crippen molar-refractivity contribution in [2.75, 3.05) is 19.8 Å². The molecule has 1 amide bonds. The largest absolute Gasteiger partial charge is 0.388 e. The molecule has 156 valence electrons. The molecule has 27 heavy (non-hydrogen) atoms. The molecule has 2 aliphatic rings. The van der Waals surface area contributed by atoms with Crippen LogP contribution >= 0.6 is 23.4 Å². The molecule has 4 N–H and O–H groups in total. The van der Waals surface area contributed by atoms with Gasteiger partial charge in [0, 0.05) is 6.54 Å². The molecular weight excluding hydrogens is 392 g/mol. The van der Waals surface area contributed by atoms with Crippen molar-refractivity contribution in [3.8, 4) is 0 Å². The van der Waals surface area contributed by atoms with Crippen molar-refractivity contribution in [3.63, 3.8) is 0 Å². The van der Waals surface area contributed by atoms with Gasteiger partial charge >= 0.3 is 0 Å². The van der Waals surface area contributed by atoms with Crippen LogP contribution < -0.4 is 5.32 Å². The van der Waals surface area contributed by atoms with Gasteiger partial charge in [-0.3, -0.25) is 9.69 Å². The third-order valence-electron chi connectivity index (χ3n) is 5.23. The Kier molecular flexibility index (Phi) is 8.42. The van der Waals surface area contributed by atoms with E-state index in [0.717, 1.165) is 13.0 Å². The molecule has 2 unspecified atom stereocenters. The van der Waals surface area contributed by atoms with E-state index in [0.29, 0.717) is 6.42 Å². The topological polar surface area (TPSA) is 102 Å². The third kappa shape index (κ3) is 5.18. The minimum Gasteiger partial charge on any atom is -0.388 e. The number of nitrogens with one attached hydrogen (secondary N) is 1. The van der Waals surface area contributed by atoms with Gasteiger partial charge in [-0.05, 0) is 33.1 Å². The van der Waals surface area contributed by atoms with Gasteiger partial charge in [-0.15, -0.1) is 23.4 Å². The van der Waals surface area contributed by atoms with Crippen LogP contribution in [0.15, 0.2) is 11.6 Å². The van der Waals surface area contributed by atoms with Crippen molar-refractivity contribution >= 4 is 29.3 Å². The number of allylic oxidation sites excluding steroid dienone is 1. The van der Waals surface area contributed by atoms with Crippen LogP contribution in [-0.2, 0) is 9.53 Å². The van der Waals surface area contributed by atoms with Crippen molar-refractivity contribution < 1.29 is 24.9 Å². The molecule has 0 aliphatic carbocycles. The summed E-state index contributed by atoms with van der Waals surface area (Å²) in [6.07, 6.45) is 0.601. The highest BCUT2D eigenvalue weighted by molar-refractivity contribution is 7.99. The molecule has 9 heteroatoms. The Morgan fingerprint density at radius 1 is 1.41 bits per heavy atom. The van der Waals surface area contributed by atoms with Crippen LogP contribution in [0.2, 0.25) is 0 Å². The molecule has 2 fully saturated rings. The first-order valence-electron chi connectivity index (χ1n) is 9.26. The van der Waals surface area contributed by atoms with Crippen molar-refractivity contribution in [1.29, 1.82) is 0 Å². The van der Waals surface area contributed by atoms with Gasteiger partial charge in [-0.1, -0.05) is 18.6 Å². The normalized spacial score (nSPS) is 38.7. The fraction of sp³-hybridized carbons (Fsp3) is 0.833. The molecule has 0 aromatic heterocycles. The lowest BCUT2D eigenvalue weighted by Crippen LogP contribution is -2.65. The van der Waals surface area contributed by atoms with Crippen molar-refractivity contribution in [2.45, 2.75) is 74.0 Å². The molecule has 2 saturated heterocycles. The second kappa shape index (κ2) is 9.91. The minimum atomic E-state index is -1.37. The predicted molar refractivity (Wildman–Crippen MR) is 107 cm³/mol. The molecule has 2 heterocycles. The number of thioether (sulfide) groups is 1. The number of alkyl halides is 1. The van der Waals surface area contributed by atoms with E-state index in [1.54, 1.807) is 13.2 Å². The van der Waals surface area contributed by atoms with Crippen molar-refractivity contribution in [1.82, 2.24) is 10.2 Å². The lowest BCUT2D eigenvalue weighted by molar-refractivity contribution is -0.205. The van der Waals surface area contributed by atoms with Crippen LogP contribution in [0.1, 0.15) is 26.7 Å². The Labute approximate surface area is 170 Å². The second-order valence-corrected chi connectivity index (χ2v) is 8.92. The first-order valence-corrected chi connectivity index (χ1v) is 11.0. The second-order valence-electron chi connectivity index (χ2n) is 7.29. The van der Waals surface area contributed by atoms with Crippen LogP contribution in [0.5, 0.6) is 0 Å². The van der Waals surface area contributed by atoms with Gasteiger partial charge < -0.3 is 25.4 Å². The molecule has 0 bridgehead atoms. The van der Waals surface area contributed by atoms with E-state index in [2.05, 4.69) is 18.3 Å². The lowest BCUT2D eigenvalue weighted by atomic mass is 9.93. The number of nitrogens with zero attached hydrogens (tertiary/aromatic N) is 1. The summed E-state index contributed by atoms with van der Waals surface area (Å²) < 4.78 is 5.78. The molecular formula is C18H31ClN2O5S. The zero-order valence-electron chi connectivity index (χ0n) is 16.2. The highest BCUT2D eigenvalue weighted by atomic mass is 35.5. The number of aliphatic hydroxyl groups excluding tert-OH is 3. The minimum absolute atomic E-state index is 0.188. The van der Waals surface area contributed by atoms with Crippen LogP contribution in [0.3, 0.4) is 0 Å². The highest BCUT2D eigenvalue weighted by Crippen LogP contribution is 2.30. The monoisotopic (exact) mass is 422 g/mol. The number of carbonyl (C=O) groups is 1.